The third-order valence-electron chi connectivity index (χ3n) is 1.53. The van der Waals surface area contributed by atoms with E-state index in [1.54, 1.807) is 19.1 Å². The summed E-state index contributed by atoms with van der Waals surface area (Å²) in [5.74, 6) is 5.14. The fourth-order valence-corrected chi connectivity index (χ4v) is 1.02. The van der Waals surface area contributed by atoms with E-state index >= 15 is 0 Å². The van der Waals surface area contributed by atoms with Crippen LogP contribution < -0.4 is 11.3 Å². The van der Waals surface area contributed by atoms with Gasteiger partial charge in [-0.2, -0.15) is 0 Å². The molecule has 0 aromatic heterocycles. The molecule has 1 rings (SSSR count). The molecular formula is C7H9Cl2N3O. The van der Waals surface area contributed by atoms with Gasteiger partial charge in [-0.15, -0.1) is 17.3 Å². The first kappa shape index (κ1) is 12.2. The normalized spacial score (nSPS) is 8.85. The van der Waals surface area contributed by atoms with E-state index in [0.717, 1.165) is 5.56 Å². The van der Waals surface area contributed by atoms with Crippen LogP contribution in [0.2, 0.25) is 5.02 Å². The number of anilines is 1. The first-order valence-electron chi connectivity index (χ1n) is 3.29. The molecule has 0 saturated heterocycles. The number of halogens is 2. The lowest BCUT2D eigenvalue weighted by atomic mass is 10.2. The number of nitrogens with two attached hydrogens (primary N) is 1. The van der Waals surface area contributed by atoms with Crippen LogP contribution in [0.5, 0.6) is 0 Å². The molecule has 6 heteroatoms. The van der Waals surface area contributed by atoms with Gasteiger partial charge in [-0.3, -0.25) is 5.84 Å². The average molecular weight is 222 g/mol. The minimum absolute atomic E-state index is 0. The average Bonchev–Trinajstić information content (AvgIpc) is 2.09. The minimum atomic E-state index is 0. The Bertz CT molecular complexity index is 317. The van der Waals surface area contributed by atoms with E-state index in [0.29, 0.717) is 10.7 Å². The molecule has 0 atom stereocenters. The van der Waals surface area contributed by atoms with E-state index in [4.69, 9.17) is 17.4 Å². The van der Waals surface area contributed by atoms with Crippen molar-refractivity contribution in [1.29, 1.82) is 0 Å². The van der Waals surface area contributed by atoms with Gasteiger partial charge >= 0.3 is 0 Å². The predicted molar refractivity (Wildman–Crippen MR) is 56.7 cm³/mol. The number of hydrazine groups is 1. The van der Waals surface area contributed by atoms with Gasteiger partial charge in [-0.05, 0) is 29.8 Å². The van der Waals surface area contributed by atoms with Gasteiger partial charge in [0.15, 0.2) is 0 Å². The van der Waals surface area contributed by atoms with Crippen LogP contribution in [0, 0.1) is 11.8 Å². The molecule has 1 aromatic carbocycles. The maximum atomic E-state index is 10.3. The van der Waals surface area contributed by atoms with Gasteiger partial charge in [0.05, 0.1) is 5.69 Å². The summed E-state index contributed by atoms with van der Waals surface area (Å²) in [5, 5.41) is 3.34. The van der Waals surface area contributed by atoms with Crippen molar-refractivity contribution < 1.29 is 0 Å². The van der Waals surface area contributed by atoms with Crippen molar-refractivity contribution >= 4 is 35.4 Å². The molecule has 13 heavy (non-hydrogen) atoms. The number of benzene rings is 1. The van der Waals surface area contributed by atoms with E-state index in [2.05, 4.69) is 10.6 Å². The fraction of sp³-hybridized carbons (Fsp3) is 0.143. The number of nitrogen functional groups attached to an aromatic ring is 1. The highest BCUT2D eigenvalue weighted by atomic mass is 35.5. The van der Waals surface area contributed by atoms with Gasteiger partial charge in [0.25, 0.3) is 0 Å². The molecule has 0 aliphatic heterocycles. The molecule has 4 nitrogen and oxygen atoms in total. The number of hydrogen-bond acceptors (Lipinski definition) is 4. The lowest BCUT2D eigenvalue weighted by Crippen LogP contribution is -2.06. The van der Waals surface area contributed by atoms with Crippen LogP contribution >= 0.6 is 24.0 Å². The Morgan fingerprint density at radius 1 is 1.54 bits per heavy atom. The predicted octanol–water partition coefficient (Wildman–Crippen LogP) is 2.75. The van der Waals surface area contributed by atoms with Gasteiger partial charge < -0.3 is 5.43 Å². The Balaban J connectivity index is 0.00000144. The molecule has 0 amide bonds. The first-order chi connectivity index (χ1) is 5.69. The summed E-state index contributed by atoms with van der Waals surface area (Å²) in [7, 11) is 0. The maximum Gasteiger partial charge on any atom is 0.132 e. The van der Waals surface area contributed by atoms with E-state index < -0.39 is 0 Å². The highest BCUT2D eigenvalue weighted by Crippen LogP contribution is 2.30. The molecule has 0 fully saturated rings. The Morgan fingerprint density at radius 3 is 2.62 bits per heavy atom. The number of aryl methyl sites for hydroxylation is 1. The summed E-state index contributed by atoms with van der Waals surface area (Å²) >= 11 is 5.78. The lowest BCUT2D eigenvalue weighted by Gasteiger charge is -2.04. The molecule has 1 aromatic rings. The number of nitroso groups, excluding NO2 is 1. The van der Waals surface area contributed by atoms with Gasteiger partial charge in [-0.1, -0.05) is 11.6 Å². The third kappa shape index (κ3) is 2.55. The Kier molecular flexibility index (Phi) is 4.69. The second-order valence-corrected chi connectivity index (χ2v) is 2.76. The summed E-state index contributed by atoms with van der Waals surface area (Å²) in [5.41, 5.74) is 3.83. The van der Waals surface area contributed by atoms with Crippen LogP contribution in [0.4, 0.5) is 11.4 Å². The maximum absolute atomic E-state index is 10.3. The van der Waals surface area contributed by atoms with Crippen molar-refractivity contribution in [2.24, 2.45) is 11.0 Å². The van der Waals surface area contributed by atoms with Gasteiger partial charge in [0.1, 0.15) is 5.69 Å². The summed E-state index contributed by atoms with van der Waals surface area (Å²) in [6.45, 7) is 1.79. The Labute approximate surface area is 86.8 Å². The zero-order valence-corrected chi connectivity index (χ0v) is 8.45. The topological polar surface area (TPSA) is 67.5 Å². The van der Waals surface area contributed by atoms with E-state index in [-0.39, 0.29) is 18.1 Å². The smallest absolute Gasteiger partial charge is 0.132 e. The first-order valence-corrected chi connectivity index (χ1v) is 3.67. The molecule has 3 N–H and O–H groups in total. The fourth-order valence-electron chi connectivity index (χ4n) is 0.857. The summed E-state index contributed by atoms with van der Waals surface area (Å²) < 4.78 is 0. The molecule has 0 aliphatic carbocycles. The molecular weight excluding hydrogens is 213 g/mol. The van der Waals surface area contributed by atoms with E-state index in [9.17, 15) is 4.91 Å². The summed E-state index contributed by atoms with van der Waals surface area (Å²) in [4.78, 5) is 10.3. The lowest BCUT2D eigenvalue weighted by molar-refractivity contribution is 1.31. The van der Waals surface area contributed by atoms with Crippen LogP contribution in [0.3, 0.4) is 0 Å². The van der Waals surface area contributed by atoms with Crippen molar-refractivity contribution in [3.05, 3.63) is 27.6 Å². The number of hydrogen-bond donors (Lipinski definition) is 2. The van der Waals surface area contributed by atoms with Crippen molar-refractivity contribution in [3.63, 3.8) is 0 Å². The van der Waals surface area contributed by atoms with Crippen LogP contribution in [-0.4, -0.2) is 0 Å². The SMILES string of the molecule is Cc1cc(N=O)c(NN)cc1Cl.Cl. The van der Waals surface area contributed by atoms with Crippen LogP contribution in [-0.2, 0) is 0 Å². The molecule has 0 spiro atoms. The summed E-state index contributed by atoms with van der Waals surface area (Å²) in [6, 6.07) is 3.14. The second kappa shape index (κ2) is 5.01. The highest BCUT2D eigenvalue weighted by molar-refractivity contribution is 6.31. The van der Waals surface area contributed by atoms with Gasteiger partial charge in [-0.25, -0.2) is 0 Å². The number of nitrogens with one attached hydrogen (secondary N) is 1. The molecule has 0 aliphatic rings. The van der Waals surface area contributed by atoms with Crippen molar-refractivity contribution in [2.45, 2.75) is 6.92 Å². The van der Waals surface area contributed by atoms with Gasteiger partial charge in [0.2, 0.25) is 0 Å². The minimum Gasteiger partial charge on any atom is -0.322 e. The second-order valence-electron chi connectivity index (χ2n) is 2.35. The van der Waals surface area contributed by atoms with Crippen molar-refractivity contribution in [1.82, 2.24) is 0 Å². The van der Waals surface area contributed by atoms with E-state index in [1.165, 1.54) is 0 Å². The van der Waals surface area contributed by atoms with Crippen molar-refractivity contribution in [3.8, 4) is 0 Å². The van der Waals surface area contributed by atoms with Gasteiger partial charge in [0, 0.05) is 5.02 Å². The van der Waals surface area contributed by atoms with Crippen LogP contribution in [0.1, 0.15) is 5.56 Å². The third-order valence-corrected chi connectivity index (χ3v) is 1.94. The number of nitrogens with zero attached hydrogens (tertiary/aromatic N) is 1. The quantitative estimate of drug-likeness (QED) is 0.459. The number of rotatable bonds is 2. The van der Waals surface area contributed by atoms with Crippen molar-refractivity contribution in [2.75, 3.05) is 5.43 Å². The van der Waals surface area contributed by atoms with E-state index in [1.807, 2.05) is 0 Å². The molecule has 72 valence electrons. The standard InChI is InChI=1S/C7H8ClN3O.ClH/c1-4-2-7(11-12)6(10-9)3-5(4)8;/h2-3,10H,9H2,1H3;1H. The summed E-state index contributed by atoms with van der Waals surface area (Å²) in [6.07, 6.45) is 0. The molecule has 0 unspecified atom stereocenters. The monoisotopic (exact) mass is 221 g/mol. The Hall–Kier alpha value is -0.840. The highest BCUT2D eigenvalue weighted by Gasteiger charge is 2.04. The van der Waals surface area contributed by atoms with Crippen LogP contribution in [0.25, 0.3) is 0 Å². The molecule has 0 bridgehead atoms. The zero-order chi connectivity index (χ0) is 9.14. The Morgan fingerprint density at radius 2 is 2.15 bits per heavy atom. The molecule has 0 radical (unpaired) electrons. The molecule has 0 heterocycles. The zero-order valence-electron chi connectivity index (χ0n) is 6.87. The largest absolute Gasteiger partial charge is 0.322 e. The molecule has 0 saturated carbocycles. The van der Waals surface area contributed by atoms with Crippen LogP contribution in [0.15, 0.2) is 17.3 Å².